The zero-order valence-electron chi connectivity index (χ0n) is 23.3. The van der Waals surface area contributed by atoms with Crippen molar-refractivity contribution in [1.82, 2.24) is 0 Å². The molecule has 200 valence electrons. The van der Waals surface area contributed by atoms with Gasteiger partial charge in [0.25, 0.3) is 0 Å². The van der Waals surface area contributed by atoms with Gasteiger partial charge in [-0.25, -0.2) is 0 Å². The number of allylic oxidation sites excluding steroid dienone is 2. The molecule has 0 bridgehead atoms. The lowest BCUT2D eigenvalue weighted by Crippen LogP contribution is -2.32. The molecule has 1 aliphatic heterocycles. The fourth-order valence-corrected chi connectivity index (χ4v) is 9.06. The Labute approximate surface area is 239 Å². The van der Waals surface area contributed by atoms with Gasteiger partial charge in [-0.15, -0.1) is 11.8 Å². The summed E-state index contributed by atoms with van der Waals surface area (Å²) < 4.78 is 0. The van der Waals surface area contributed by atoms with Crippen molar-refractivity contribution in [3.8, 4) is 0 Å². The van der Waals surface area contributed by atoms with Gasteiger partial charge in [0, 0.05) is 32.6 Å². The lowest BCUT2D eigenvalue weighted by molar-refractivity contribution is 0.443. The van der Waals surface area contributed by atoms with Crippen molar-refractivity contribution in [3.63, 3.8) is 0 Å². The van der Waals surface area contributed by atoms with Crippen molar-refractivity contribution in [2.75, 3.05) is 4.90 Å². The minimum Gasteiger partial charge on any atom is -0.311 e. The predicted molar refractivity (Wildman–Crippen MR) is 167 cm³/mol. The maximum atomic E-state index is 2.54. The molecule has 2 fully saturated rings. The molecular formula is C37H41NS. The van der Waals surface area contributed by atoms with E-state index in [1.54, 1.807) is 0 Å². The fraction of sp³-hybridized carbons (Fsp3) is 0.405. The third-order valence-corrected chi connectivity index (χ3v) is 11.4. The molecule has 39 heavy (non-hydrogen) atoms. The Balaban J connectivity index is 1.26. The highest BCUT2D eigenvalue weighted by atomic mass is 32.2. The summed E-state index contributed by atoms with van der Waals surface area (Å²) in [4.78, 5) is 3.92. The van der Waals surface area contributed by atoms with E-state index in [1.165, 1.54) is 103 Å². The summed E-state index contributed by atoms with van der Waals surface area (Å²) in [5, 5.41) is 0.447. The molecule has 3 aromatic rings. The average Bonchev–Trinajstić information content (AvgIpc) is 3.31. The summed E-state index contributed by atoms with van der Waals surface area (Å²) in [6.07, 6.45) is 21.0. The summed E-state index contributed by atoms with van der Waals surface area (Å²) in [7, 11) is 0. The monoisotopic (exact) mass is 531 g/mol. The number of nitrogens with zero attached hydrogens (tertiary/aromatic N) is 1. The molecule has 1 nitrogen and oxygen atoms in total. The van der Waals surface area contributed by atoms with Crippen LogP contribution in [0.1, 0.15) is 99.7 Å². The molecule has 3 aromatic carbocycles. The van der Waals surface area contributed by atoms with Gasteiger partial charge in [0.05, 0.1) is 0 Å². The van der Waals surface area contributed by atoms with E-state index in [-0.39, 0.29) is 5.41 Å². The van der Waals surface area contributed by atoms with E-state index in [2.05, 4.69) is 103 Å². The van der Waals surface area contributed by atoms with Crippen molar-refractivity contribution in [1.29, 1.82) is 0 Å². The first-order valence-corrected chi connectivity index (χ1v) is 16.2. The molecule has 0 saturated heterocycles. The summed E-state index contributed by atoms with van der Waals surface area (Å²) >= 11 is 2.01. The molecule has 1 heterocycles. The zero-order valence-corrected chi connectivity index (χ0v) is 24.1. The number of thioether (sulfide) groups is 1. The minimum atomic E-state index is -0.00628. The molecule has 0 aromatic heterocycles. The van der Waals surface area contributed by atoms with Crippen molar-refractivity contribution in [2.24, 2.45) is 0 Å². The molecule has 4 aliphatic rings. The number of hydrogen-bond acceptors (Lipinski definition) is 2. The first-order valence-electron chi connectivity index (χ1n) is 15.4. The molecule has 2 saturated carbocycles. The van der Waals surface area contributed by atoms with Crippen molar-refractivity contribution in [2.45, 2.75) is 98.5 Å². The number of benzene rings is 3. The van der Waals surface area contributed by atoms with Crippen LogP contribution in [0.25, 0.3) is 0 Å². The Morgan fingerprint density at radius 2 is 1.21 bits per heavy atom. The third-order valence-electron chi connectivity index (χ3n) is 9.92. The first kappa shape index (κ1) is 25.3. The van der Waals surface area contributed by atoms with Crippen LogP contribution in [0.2, 0.25) is 0 Å². The van der Waals surface area contributed by atoms with Crippen LogP contribution < -0.4 is 4.90 Å². The Bertz CT molecular complexity index is 1290. The number of fused-ring (bicyclic) bond motifs is 3. The minimum absolute atomic E-state index is 0.00628. The molecule has 3 aliphatic carbocycles. The molecule has 0 N–H and O–H groups in total. The second kappa shape index (κ2) is 10.7. The summed E-state index contributed by atoms with van der Waals surface area (Å²) in [5.41, 5.74) is 8.30. The zero-order chi connectivity index (χ0) is 26.2. The van der Waals surface area contributed by atoms with E-state index in [9.17, 15) is 0 Å². The Morgan fingerprint density at radius 1 is 0.667 bits per heavy atom. The van der Waals surface area contributed by atoms with Gasteiger partial charge in [0.2, 0.25) is 0 Å². The molecule has 2 heteroatoms. The molecule has 0 amide bonds. The normalized spacial score (nSPS) is 25.2. The number of hydrogen-bond donors (Lipinski definition) is 0. The van der Waals surface area contributed by atoms with Crippen molar-refractivity contribution < 1.29 is 0 Å². The average molecular weight is 532 g/mol. The topological polar surface area (TPSA) is 3.24 Å². The lowest BCUT2D eigenvalue weighted by atomic mass is 9.76. The van der Waals surface area contributed by atoms with E-state index < -0.39 is 0 Å². The van der Waals surface area contributed by atoms with E-state index in [4.69, 9.17) is 0 Å². The van der Waals surface area contributed by atoms with Gasteiger partial charge < -0.3 is 4.90 Å². The van der Waals surface area contributed by atoms with Crippen LogP contribution in [0.3, 0.4) is 0 Å². The molecule has 0 spiro atoms. The van der Waals surface area contributed by atoms with E-state index in [0.717, 1.165) is 11.8 Å². The number of rotatable bonds is 5. The highest BCUT2D eigenvalue weighted by Gasteiger charge is 2.43. The van der Waals surface area contributed by atoms with Crippen LogP contribution in [0.15, 0.2) is 102 Å². The summed E-state index contributed by atoms with van der Waals surface area (Å²) in [6, 6.07) is 28.1. The van der Waals surface area contributed by atoms with E-state index in [1.807, 2.05) is 11.8 Å². The van der Waals surface area contributed by atoms with Crippen LogP contribution in [-0.2, 0) is 5.41 Å². The van der Waals surface area contributed by atoms with Gasteiger partial charge in [-0.05, 0) is 96.7 Å². The molecule has 7 rings (SSSR count). The maximum Gasteiger partial charge on any atom is 0.0461 e. The fourth-order valence-electron chi connectivity index (χ4n) is 7.62. The third kappa shape index (κ3) is 4.80. The SMILES string of the molecule is CC12C=C(N(c3ccc(C4CCCCC4)cc3)c3ccc(C4CCCCC4)cc3)C=CC1Sc1ccccc12. The Hall–Kier alpha value is -2.71. The lowest BCUT2D eigenvalue weighted by Gasteiger charge is -2.35. The Morgan fingerprint density at radius 3 is 1.77 bits per heavy atom. The molecular weight excluding hydrogens is 490 g/mol. The van der Waals surface area contributed by atoms with Gasteiger partial charge in [0.1, 0.15) is 0 Å². The second-order valence-electron chi connectivity index (χ2n) is 12.4. The molecule has 0 radical (unpaired) electrons. The van der Waals surface area contributed by atoms with Gasteiger partial charge in [0.15, 0.2) is 0 Å². The van der Waals surface area contributed by atoms with Crippen molar-refractivity contribution in [3.05, 3.63) is 113 Å². The highest BCUT2D eigenvalue weighted by molar-refractivity contribution is 8.00. The number of anilines is 2. The quantitative estimate of drug-likeness (QED) is 0.322. The Kier molecular flexibility index (Phi) is 6.93. The van der Waals surface area contributed by atoms with E-state index in [0.29, 0.717) is 5.25 Å². The predicted octanol–water partition coefficient (Wildman–Crippen LogP) is 10.8. The van der Waals surface area contributed by atoms with Gasteiger partial charge >= 0.3 is 0 Å². The largest absolute Gasteiger partial charge is 0.311 e. The van der Waals surface area contributed by atoms with Crippen LogP contribution in [-0.4, -0.2) is 5.25 Å². The van der Waals surface area contributed by atoms with E-state index >= 15 is 0 Å². The van der Waals surface area contributed by atoms with Crippen LogP contribution >= 0.6 is 11.8 Å². The van der Waals surface area contributed by atoms with Crippen molar-refractivity contribution >= 4 is 23.1 Å². The molecule has 2 unspecified atom stereocenters. The molecule has 2 atom stereocenters. The van der Waals surface area contributed by atoms with Crippen LogP contribution in [0, 0.1) is 0 Å². The maximum absolute atomic E-state index is 2.54. The van der Waals surface area contributed by atoms with Gasteiger partial charge in [-0.1, -0.05) is 94.0 Å². The second-order valence-corrected chi connectivity index (χ2v) is 13.6. The summed E-state index contributed by atoms with van der Waals surface area (Å²) in [5.74, 6) is 1.47. The standard InChI is InChI=1S/C37H41NS/c1-37-26-33(24-25-36(37)39-35-15-9-8-14-34(35)37)38(31-20-16-29(17-21-31)27-10-4-2-5-11-27)32-22-18-30(19-23-32)28-12-6-3-7-13-28/h8-9,14-28,36H,2-7,10-13H2,1H3. The van der Waals surface area contributed by atoms with Crippen LogP contribution in [0.4, 0.5) is 11.4 Å². The van der Waals surface area contributed by atoms with Crippen LogP contribution in [0.5, 0.6) is 0 Å². The first-order chi connectivity index (χ1) is 19.2. The van der Waals surface area contributed by atoms with Gasteiger partial charge in [-0.2, -0.15) is 0 Å². The smallest absolute Gasteiger partial charge is 0.0461 e. The summed E-state index contributed by atoms with van der Waals surface area (Å²) in [6.45, 7) is 2.43. The highest BCUT2D eigenvalue weighted by Crippen LogP contribution is 2.53. The van der Waals surface area contributed by atoms with Gasteiger partial charge in [-0.3, -0.25) is 0 Å².